The summed E-state index contributed by atoms with van der Waals surface area (Å²) in [7, 11) is 4.65. The highest BCUT2D eigenvalue weighted by Gasteiger charge is 2.23. The summed E-state index contributed by atoms with van der Waals surface area (Å²) in [5, 5.41) is 5.24. The zero-order chi connectivity index (χ0) is 29.1. The Bertz CT molecular complexity index is 1630. The Hall–Kier alpha value is -4.58. The van der Waals surface area contributed by atoms with Crippen LogP contribution in [0.2, 0.25) is 0 Å². The van der Waals surface area contributed by atoms with Gasteiger partial charge < -0.3 is 20.3 Å². The minimum absolute atomic E-state index is 0.0148. The van der Waals surface area contributed by atoms with E-state index in [2.05, 4.69) is 25.5 Å². The molecule has 2 aromatic heterocycles. The fourth-order valence-electron chi connectivity index (χ4n) is 5.00. The van der Waals surface area contributed by atoms with Crippen molar-refractivity contribution < 1.29 is 18.3 Å². The van der Waals surface area contributed by atoms with Gasteiger partial charge in [-0.15, -0.1) is 0 Å². The molecule has 2 N–H and O–H groups in total. The average Bonchev–Trinajstić information content (AvgIpc) is 3.00. The van der Waals surface area contributed by atoms with E-state index in [4.69, 9.17) is 4.74 Å². The lowest BCUT2D eigenvalue weighted by molar-refractivity contribution is 0.0957. The van der Waals surface area contributed by atoms with E-state index in [9.17, 15) is 14.0 Å². The van der Waals surface area contributed by atoms with E-state index in [1.807, 2.05) is 17.0 Å². The van der Waals surface area contributed by atoms with Gasteiger partial charge in [-0.25, -0.2) is 14.4 Å². The van der Waals surface area contributed by atoms with Crippen LogP contribution in [-0.4, -0.2) is 72.7 Å². The van der Waals surface area contributed by atoms with Gasteiger partial charge in [-0.3, -0.25) is 19.1 Å². The lowest BCUT2D eigenvalue weighted by atomic mass is 10.1. The highest BCUT2D eigenvalue weighted by molar-refractivity contribution is 5.92. The Kier molecular flexibility index (Phi) is 8.11. The van der Waals surface area contributed by atoms with Crippen molar-refractivity contribution in [3.8, 4) is 5.75 Å². The number of nitrogens with one attached hydrogen (secondary N) is 2. The maximum Gasteiger partial charge on any atom is 0.294 e. The van der Waals surface area contributed by atoms with Crippen LogP contribution in [0.5, 0.6) is 5.75 Å². The van der Waals surface area contributed by atoms with Crippen molar-refractivity contribution >= 4 is 28.4 Å². The van der Waals surface area contributed by atoms with Crippen LogP contribution >= 0.6 is 0 Å². The standard InChI is InChI=1S/C29H31F2N7O3/c1-32-27-29(40)38(16-18-4-7-20(41-3)8-5-18)25-21(35-27)9-6-19(24(25)30)17-36-12-14-37(15-13-36)23-11-10-22(28(39)33-2)34-26(23)31/h4-11H,12-17H2,1-3H3,(H,32,35)(H,33,39). The Morgan fingerprint density at radius 2 is 1.68 bits per heavy atom. The van der Waals surface area contributed by atoms with Gasteiger partial charge in [0.2, 0.25) is 5.95 Å². The van der Waals surface area contributed by atoms with Gasteiger partial charge in [-0.1, -0.05) is 18.2 Å². The summed E-state index contributed by atoms with van der Waals surface area (Å²) in [6.45, 7) is 2.60. The third-order valence-electron chi connectivity index (χ3n) is 7.26. The van der Waals surface area contributed by atoms with Crippen LogP contribution in [0.4, 0.5) is 20.3 Å². The van der Waals surface area contributed by atoms with Gasteiger partial charge in [-0.05, 0) is 35.9 Å². The molecule has 214 valence electrons. The number of rotatable bonds is 8. The summed E-state index contributed by atoms with van der Waals surface area (Å²) < 4.78 is 37.4. The number of methoxy groups -OCH3 is 1. The number of pyridine rings is 1. The van der Waals surface area contributed by atoms with Gasteiger partial charge in [0.05, 0.1) is 24.9 Å². The van der Waals surface area contributed by atoms with Gasteiger partial charge in [0.1, 0.15) is 17.0 Å². The summed E-state index contributed by atoms with van der Waals surface area (Å²) in [6.07, 6.45) is 0. The van der Waals surface area contributed by atoms with Gasteiger partial charge in [0, 0.05) is 52.4 Å². The molecule has 1 amide bonds. The Morgan fingerprint density at radius 1 is 0.951 bits per heavy atom. The minimum Gasteiger partial charge on any atom is -0.497 e. The number of benzene rings is 2. The van der Waals surface area contributed by atoms with Crippen molar-refractivity contribution in [3.05, 3.63) is 87.5 Å². The molecule has 12 heteroatoms. The molecule has 0 saturated carbocycles. The number of halogens is 2. The first-order valence-corrected chi connectivity index (χ1v) is 13.2. The summed E-state index contributed by atoms with van der Waals surface area (Å²) in [6, 6.07) is 13.7. The fourth-order valence-corrected chi connectivity index (χ4v) is 5.00. The third-order valence-corrected chi connectivity index (χ3v) is 7.26. The van der Waals surface area contributed by atoms with Crippen LogP contribution in [0, 0.1) is 11.8 Å². The number of ether oxygens (including phenoxy) is 1. The van der Waals surface area contributed by atoms with Gasteiger partial charge in [-0.2, -0.15) is 4.39 Å². The number of amides is 1. The first-order valence-electron chi connectivity index (χ1n) is 13.2. The summed E-state index contributed by atoms with van der Waals surface area (Å²) >= 11 is 0. The smallest absolute Gasteiger partial charge is 0.294 e. The molecule has 1 aliphatic rings. The number of hydrogen-bond acceptors (Lipinski definition) is 8. The molecular formula is C29H31F2N7O3. The molecule has 0 unspecified atom stereocenters. The second-order valence-electron chi connectivity index (χ2n) is 9.70. The van der Waals surface area contributed by atoms with E-state index in [1.54, 1.807) is 44.5 Å². The van der Waals surface area contributed by atoms with Crippen LogP contribution in [0.3, 0.4) is 0 Å². The van der Waals surface area contributed by atoms with Crippen LogP contribution in [-0.2, 0) is 13.1 Å². The number of anilines is 2. The van der Waals surface area contributed by atoms with E-state index in [1.165, 1.54) is 17.7 Å². The van der Waals surface area contributed by atoms with E-state index in [-0.39, 0.29) is 23.6 Å². The van der Waals surface area contributed by atoms with Crippen LogP contribution in [0.15, 0.2) is 53.3 Å². The molecule has 0 atom stereocenters. The normalized spacial score (nSPS) is 13.8. The molecule has 1 fully saturated rings. The van der Waals surface area contributed by atoms with Crippen LogP contribution < -0.4 is 25.8 Å². The lowest BCUT2D eigenvalue weighted by Crippen LogP contribution is -2.46. The topological polar surface area (TPSA) is 105 Å². The molecular weight excluding hydrogens is 532 g/mol. The first-order chi connectivity index (χ1) is 19.8. The average molecular weight is 564 g/mol. The number of carbonyl (C=O) groups is 1. The Balaban J connectivity index is 1.37. The van der Waals surface area contributed by atoms with Crippen molar-refractivity contribution in [2.45, 2.75) is 13.1 Å². The number of fused-ring (bicyclic) bond motifs is 1. The second kappa shape index (κ2) is 11.9. The quantitative estimate of drug-likeness (QED) is 0.316. The van der Waals surface area contributed by atoms with Crippen LogP contribution in [0.25, 0.3) is 11.0 Å². The highest BCUT2D eigenvalue weighted by Crippen LogP contribution is 2.25. The molecule has 1 saturated heterocycles. The van der Waals surface area contributed by atoms with E-state index in [0.29, 0.717) is 55.2 Å². The van der Waals surface area contributed by atoms with E-state index in [0.717, 1.165) is 5.56 Å². The molecule has 0 bridgehead atoms. The fraction of sp³-hybridized carbons (Fsp3) is 0.310. The van der Waals surface area contributed by atoms with E-state index < -0.39 is 23.2 Å². The molecule has 3 heterocycles. The molecule has 10 nitrogen and oxygen atoms in total. The number of piperazine rings is 1. The molecule has 4 aromatic rings. The minimum atomic E-state index is -0.705. The third kappa shape index (κ3) is 5.68. The lowest BCUT2D eigenvalue weighted by Gasteiger charge is -2.36. The number of nitrogens with zero attached hydrogens (tertiary/aromatic N) is 5. The highest BCUT2D eigenvalue weighted by atomic mass is 19.1. The summed E-state index contributed by atoms with van der Waals surface area (Å²) in [5.41, 5.74) is 1.69. The Labute approximate surface area is 235 Å². The summed E-state index contributed by atoms with van der Waals surface area (Å²) in [5.74, 6) is -0.831. The second-order valence-corrected chi connectivity index (χ2v) is 9.70. The van der Waals surface area contributed by atoms with Gasteiger partial charge >= 0.3 is 0 Å². The van der Waals surface area contributed by atoms with Crippen molar-refractivity contribution in [1.82, 2.24) is 24.8 Å². The van der Waals surface area contributed by atoms with Crippen LogP contribution in [0.1, 0.15) is 21.6 Å². The molecule has 41 heavy (non-hydrogen) atoms. The number of hydrogen-bond donors (Lipinski definition) is 2. The first kappa shape index (κ1) is 28.0. The van der Waals surface area contributed by atoms with E-state index >= 15 is 4.39 Å². The summed E-state index contributed by atoms with van der Waals surface area (Å²) in [4.78, 5) is 37.1. The predicted molar refractivity (Wildman–Crippen MR) is 153 cm³/mol. The maximum atomic E-state index is 16.1. The number of carbonyl (C=O) groups excluding carboxylic acids is 1. The zero-order valence-corrected chi connectivity index (χ0v) is 23.1. The molecule has 2 aromatic carbocycles. The van der Waals surface area contributed by atoms with Crippen molar-refractivity contribution in [2.75, 3.05) is 57.6 Å². The monoisotopic (exact) mass is 563 g/mol. The van der Waals surface area contributed by atoms with Gasteiger partial charge in [0.15, 0.2) is 11.6 Å². The SMILES string of the molecule is CNC(=O)c1ccc(N2CCN(Cc3ccc4nc(NC)c(=O)n(Cc5ccc(OC)cc5)c4c3F)CC2)c(F)n1. The van der Waals surface area contributed by atoms with Crippen molar-refractivity contribution in [3.63, 3.8) is 0 Å². The Morgan fingerprint density at radius 3 is 2.32 bits per heavy atom. The zero-order valence-electron chi connectivity index (χ0n) is 23.1. The molecule has 1 aliphatic heterocycles. The van der Waals surface area contributed by atoms with Crippen molar-refractivity contribution in [1.29, 1.82) is 0 Å². The predicted octanol–water partition coefficient (Wildman–Crippen LogP) is 2.85. The molecule has 0 spiro atoms. The van der Waals surface area contributed by atoms with Crippen molar-refractivity contribution in [2.24, 2.45) is 0 Å². The molecule has 5 rings (SSSR count). The largest absolute Gasteiger partial charge is 0.497 e. The molecule has 0 aliphatic carbocycles. The maximum absolute atomic E-state index is 16.1. The number of aromatic nitrogens is 3. The molecule has 0 radical (unpaired) electrons. The van der Waals surface area contributed by atoms with Gasteiger partial charge in [0.25, 0.3) is 11.5 Å².